The van der Waals surface area contributed by atoms with Crippen molar-refractivity contribution < 1.29 is 18.0 Å². The number of nitrogens with one attached hydrogen (secondary N) is 1. The van der Waals surface area contributed by atoms with Crippen LogP contribution in [0.1, 0.15) is 96.7 Å². The third kappa shape index (κ3) is 3.91. The number of benzene rings is 2. The van der Waals surface area contributed by atoms with E-state index < -0.39 is 11.7 Å². The number of halogens is 3. The van der Waals surface area contributed by atoms with Gasteiger partial charge in [0.2, 0.25) is 0 Å². The van der Waals surface area contributed by atoms with Crippen molar-refractivity contribution in [2.24, 2.45) is 12.5 Å². The maximum Gasteiger partial charge on any atom is 0.416 e. The van der Waals surface area contributed by atoms with Crippen molar-refractivity contribution in [1.82, 2.24) is 20.1 Å². The molecule has 0 radical (unpaired) electrons. The number of aromatic nitrogens is 3. The fraction of sp³-hybridized carbons (Fsp3) is 0.516. The third-order valence-corrected chi connectivity index (χ3v) is 10.2. The topological polar surface area (TPSA) is 63.1 Å². The van der Waals surface area contributed by atoms with Crippen molar-refractivity contribution in [2.75, 3.05) is 4.90 Å². The molecule has 6 nitrogen and oxygen atoms in total. The minimum Gasteiger partial charge on any atom is -0.320 e. The van der Waals surface area contributed by atoms with Crippen molar-refractivity contribution in [2.45, 2.75) is 88.5 Å². The lowest BCUT2D eigenvalue weighted by atomic mass is 9.43. The smallest absolute Gasteiger partial charge is 0.320 e. The zero-order valence-corrected chi connectivity index (χ0v) is 22.9. The summed E-state index contributed by atoms with van der Waals surface area (Å²) in [5, 5.41) is 12.0. The molecule has 7 rings (SSSR count). The van der Waals surface area contributed by atoms with Crippen LogP contribution in [0.4, 0.5) is 18.9 Å². The van der Waals surface area contributed by atoms with Crippen LogP contribution in [-0.2, 0) is 31.7 Å². The lowest BCUT2D eigenvalue weighted by Crippen LogP contribution is -2.54. The van der Waals surface area contributed by atoms with E-state index in [1.807, 2.05) is 29.8 Å². The van der Waals surface area contributed by atoms with Gasteiger partial charge in [-0.15, -0.1) is 10.2 Å². The van der Waals surface area contributed by atoms with Crippen LogP contribution in [0.15, 0.2) is 42.7 Å². The van der Waals surface area contributed by atoms with Gasteiger partial charge in [-0.05, 0) is 98.2 Å². The molecule has 4 aliphatic rings. The van der Waals surface area contributed by atoms with E-state index in [9.17, 15) is 18.0 Å². The number of hydrogen-bond acceptors (Lipinski definition) is 4. The van der Waals surface area contributed by atoms with E-state index in [0.29, 0.717) is 23.2 Å². The molecule has 3 aromatic rings. The second-order valence-corrected chi connectivity index (χ2v) is 12.9. The summed E-state index contributed by atoms with van der Waals surface area (Å²) in [5.74, 6) is 0.515. The number of fused-ring (bicyclic) bond motifs is 1. The van der Waals surface area contributed by atoms with Crippen LogP contribution in [0.5, 0.6) is 0 Å². The van der Waals surface area contributed by atoms with Gasteiger partial charge < -0.3 is 14.8 Å². The quantitative estimate of drug-likeness (QED) is 0.393. The summed E-state index contributed by atoms with van der Waals surface area (Å²) in [6, 6.07) is 10.6. The highest BCUT2D eigenvalue weighted by Gasteiger charge is 2.60. The van der Waals surface area contributed by atoms with Crippen LogP contribution in [0.25, 0.3) is 0 Å². The largest absolute Gasteiger partial charge is 0.416 e. The van der Waals surface area contributed by atoms with Crippen LogP contribution in [-0.4, -0.2) is 26.2 Å². The van der Waals surface area contributed by atoms with Gasteiger partial charge in [-0.1, -0.05) is 18.6 Å². The Morgan fingerprint density at radius 3 is 2.40 bits per heavy atom. The predicted molar refractivity (Wildman–Crippen MR) is 145 cm³/mol. The monoisotopic (exact) mass is 549 g/mol. The Morgan fingerprint density at radius 2 is 1.80 bits per heavy atom. The highest BCUT2D eigenvalue weighted by atomic mass is 19.4. The fourth-order valence-corrected chi connectivity index (χ4v) is 7.67. The number of rotatable bonds is 6. The molecule has 2 aromatic carbocycles. The molecule has 1 spiro atoms. The molecule has 2 heterocycles. The fourth-order valence-electron chi connectivity index (χ4n) is 7.67. The Balaban J connectivity index is 1.22. The summed E-state index contributed by atoms with van der Waals surface area (Å²) in [5.41, 5.74) is 1.61. The van der Waals surface area contributed by atoms with E-state index in [1.54, 1.807) is 12.4 Å². The van der Waals surface area contributed by atoms with Crippen molar-refractivity contribution in [1.29, 1.82) is 0 Å². The molecule has 210 valence electrons. The first-order valence-electron chi connectivity index (χ1n) is 14.3. The lowest BCUT2D eigenvalue weighted by Gasteiger charge is -2.60. The first-order chi connectivity index (χ1) is 19.0. The second kappa shape index (κ2) is 8.65. The number of nitrogens with zero attached hydrogens (tertiary/aromatic N) is 4. The highest BCUT2D eigenvalue weighted by molar-refractivity contribution is 6.10. The van der Waals surface area contributed by atoms with E-state index in [2.05, 4.69) is 28.5 Å². The van der Waals surface area contributed by atoms with E-state index in [-0.39, 0.29) is 34.5 Å². The first-order valence-corrected chi connectivity index (χ1v) is 14.3. The molecular weight excluding hydrogens is 515 g/mol. The maximum atomic E-state index is 14.2. The SMILES string of the molecule is Cn1cnnc1C1(c2cccc(N3Cc4c(cc(CNC5(C)CCC5)cc4C(F)(F)F)C3=O)c2)CC2(CCC2)C1. The summed E-state index contributed by atoms with van der Waals surface area (Å²) in [6.07, 6.45) is 5.90. The van der Waals surface area contributed by atoms with Crippen LogP contribution < -0.4 is 10.2 Å². The van der Waals surface area contributed by atoms with Crippen molar-refractivity contribution >= 4 is 11.6 Å². The van der Waals surface area contributed by atoms with E-state index >= 15 is 0 Å². The highest BCUT2D eigenvalue weighted by Crippen LogP contribution is 2.67. The van der Waals surface area contributed by atoms with E-state index in [1.165, 1.54) is 30.2 Å². The molecule has 0 saturated heterocycles. The van der Waals surface area contributed by atoms with Gasteiger partial charge in [-0.25, -0.2) is 0 Å². The van der Waals surface area contributed by atoms with Crippen LogP contribution in [0.2, 0.25) is 0 Å². The van der Waals surface area contributed by atoms with Gasteiger partial charge in [-0.3, -0.25) is 4.79 Å². The minimum atomic E-state index is -4.54. The average molecular weight is 550 g/mol. The van der Waals surface area contributed by atoms with Gasteiger partial charge in [0.15, 0.2) is 0 Å². The molecule has 0 unspecified atom stereocenters. The number of anilines is 1. The second-order valence-electron chi connectivity index (χ2n) is 12.9. The Bertz CT molecular complexity index is 1490. The molecule has 40 heavy (non-hydrogen) atoms. The molecule has 1 aliphatic heterocycles. The van der Waals surface area contributed by atoms with E-state index in [0.717, 1.165) is 43.5 Å². The van der Waals surface area contributed by atoms with Crippen molar-refractivity contribution in [3.63, 3.8) is 0 Å². The Morgan fingerprint density at radius 1 is 1.05 bits per heavy atom. The molecule has 1 N–H and O–H groups in total. The van der Waals surface area contributed by atoms with Crippen molar-refractivity contribution in [3.05, 3.63) is 76.4 Å². The third-order valence-electron chi connectivity index (χ3n) is 10.2. The predicted octanol–water partition coefficient (Wildman–Crippen LogP) is 6.28. The molecule has 3 fully saturated rings. The molecule has 0 bridgehead atoms. The Labute approximate surface area is 232 Å². The maximum absolute atomic E-state index is 14.2. The Hall–Kier alpha value is -3.20. The normalized spacial score (nSPS) is 22.0. The van der Waals surface area contributed by atoms with Crippen molar-refractivity contribution in [3.8, 4) is 0 Å². The zero-order chi connectivity index (χ0) is 27.9. The molecule has 3 saturated carbocycles. The first kappa shape index (κ1) is 25.7. The van der Waals surface area contributed by atoms with Crippen LogP contribution in [0, 0.1) is 5.41 Å². The molecule has 9 heteroatoms. The zero-order valence-electron chi connectivity index (χ0n) is 22.9. The van der Waals surface area contributed by atoms with Gasteiger partial charge in [-0.2, -0.15) is 13.2 Å². The number of carbonyl (C=O) groups is 1. The summed E-state index contributed by atoms with van der Waals surface area (Å²) < 4.78 is 44.7. The standard InChI is InChI=1S/C31H34F3N5O/c1-28(8-4-9-28)35-15-20-12-23-24(25(13-20)31(32,33)34)16-39(26(23)40)22-7-3-6-21(14-22)30(27-37-36-19-38(27)2)17-29(18-30)10-5-11-29/h3,6-7,12-14,19,35H,4-5,8-11,15-18H2,1-2H3. The minimum absolute atomic E-state index is 0.0494. The lowest BCUT2D eigenvalue weighted by molar-refractivity contribution is -0.138. The Kier molecular flexibility index (Phi) is 5.57. The number of amides is 1. The summed E-state index contributed by atoms with van der Waals surface area (Å²) >= 11 is 0. The summed E-state index contributed by atoms with van der Waals surface area (Å²) in [6.45, 7) is 2.30. The van der Waals surface area contributed by atoms with Crippen LogP contribution in [0.3, 0.4) is 0 Å². The van der Waals surface area contributed by atoms with Gasteiger partial charge >= 0.3 is 6.18 Å². The molecule has 1 amide bonds. The molecular formula is C31H34F3N5O. The summed E-state index contributed by atoms with van der Waals surface area (Å²) in [7, 11) is 1.95. The number of carbonyl (C=O) groups excluding carboxylic acids is 1. The van der Waals surface area contributed by atoms with E-state index in [4.69, 9.17) is 0 Å². The van der Waals surface area contributed by atoms with Gasteiger partial charge in [0.05, 0.1) is 17.5 Å². The molecule has 3 aliphatic carbocycles. The molecule has 1 aromatic heterocycles. The number of aryl methyl sites for hydroxylation is 1. The average Bonchev–Trinajstić information content (AvgIpc) is 3.43. The number of hydrogen-bond donors (Lipinski definition) is 1. The van der Waals surface area contributed by atoms with Crippen LogP contribution >= 0.6 is 0 Å². The molecule has 0 atom stereocenters. The van der Waals surface area contributed by atoms with Gasteiger partial charge in [0, 0.05) is 30.4 Å². The van der Waals surface area contributed by atoms with Gasteiger partial charge in [0.1, 0.15) is 12.2 Å². The number of alkyl halides is 3. The van der Waals surface area contributed by atoms with Gasteiger partial charge in [0.25, 0.3) is 5.91 Å². The summed E-state index contributed by atoms with van der Waals surface area (Å²) in [4.78, 5) is 15.2.